The first kappa shape index (κ1) is 15.5. The van der Waals surface area contributed by atoms with Crippen LogP contribution in [-0.2, 0) is 0 Å². The molecule has 1 unspecified atom stereocenters. The van der Waals surface area contributed by atoms with E-state index in [0.29, 0.717) is 5.56 Å². The van der Waals surface area contributed by atoms with Gasteiger partial charge in [-0.25, -0.2) is 4.98 Å². The molecule has 19 heavy (non-hydrogen) atoms. The second-order valence-corrected chi connectivity index (χ2v) is 4.96. The first-order valence-electron chi connectivity index (χ1n) is 7.06. The summed E-state index contributed by atoms with van der Waals surface area (Å²) in [6, 6.07) is 3.81. The molecule has 0 saturated carbocycles. The summed E-state index contributed by atoms with van der Waals surface area (Å²) in [6.45, 7) is 7.19. The highest BCUT2D eigenvalue weighted by Gasteiger charge is 2.10. The zero-order chi connectivity index (χ0) is 14.3. The number of pyridine rings is 1. The topological polar surface area (TPSA) is 45.2 Å². The van der Waals surface area contributed by atoms with Crippen molar-refractivity contribution in [3.63, 3.8) is 0 Å². The maximum atomic E-state index is 12.0. The first-order chi connectivity index (χ1) is 9.08. The third kappa shape index (κ3) is 4.89. The van der Waals surface area contributed by atoms with E-state index >= 15 is 0 Å². The van der Waals surface area contributed by atoms with E-state index in [2.05, 4.69) is 29.0 Å². The predicted octanol–water partition coefficient (Wildman–Crippen LogP) is 2.85. The number of hydrogen-bond acceptors (Lipinski definition) is 3. The first-order valence-corrected chi connectivity index (χ1v) is 7.06. The van der Waals surface area contributed by atoms with Crippen LogP contribution in [0.2, 0.25) is 0 Å². The van der Waals surface area contributed by atoms with Gasteiger partial charge in [0.2, 0.25) is 0 Å². The Morgan fingerprint density at radius 1 is 1.47 bits per heavy atom. The molecule has 1 N–H and O–H groups in total. The molecule has 1 aromatic heterocycles. The quantitative estimate of drug-likeness (QED) is 0.822. The number of hydrogen-bond donors (Lipinski definition) is 1. The molecular weight excluding hydrogens is 238 g/mol. The fourth-order valence-corrected chi connectivity index (χ4v) is 1.69. The number of nitrogens with zero attached hydrogens (tertiary/aromatic N) is 2. The largest absolute Gasteiger partial charge is 0.360 e. The predicted molar refractivity (Wildman–Crippen MR) is 79.6 cm³/mol. The SMILES string of the molecule is CCCCN(C)c1cc(C(=O)NC(C)CC)ccn1. The summed E-state index contributed by atoms with van der Waals surface area (Å²) in [5.41, 5.74) is 0.675. The van der Waals surface area contributed by atoms with Crippen LogP contribution in [0.4, 0.5) is 5.82 Å². The molecule has 0 saturated heterocycles. The van der Waals surface area contributed by atoms with Gasteiger partial charge in [0.1, 0.15) is 5.82 Å². The monoisotopic (exact) mass is 263 g/mol. The van der Waals surface area contributed by atoms with Crippen molar-refractivity contribution in [1.29, 1.82) is 0 Å². The van der Waals surface area contributed by atoms with E-state index in [1.807, 2.05) is 20.0 Å². The fraction of sp³-hybridized carbons (Fsp3) is 0.600. The minimum Gasteiger partial charge on any atom is -0.360 e. The molecule has 0 aliphatic carbocycles. The highest BCUT2D eigenvalue weighted by atomic mass is 16.1. The van der Waals surface area contributed by atoms with Crippen LogP contribution in [0.15, 0.2) is 18.3 Å². The molecule has 1 heterocycles. The molecule has 0 aliphatic rings. The van der Waals surface area contributed by atoms with E-state index in [4.69, 9.17) is 0 Å². The van der Waals surface area contributed by atoms with E-state index in [1.54, 1.807) is 12.3 Å². The van der Waals surface area contributed by atoms with E-state index in [1.165, 1.54) is 0 Å². The molecule has 1 amide bonds. The van der Waals surface area contributed by atoms with Crippen LogP contribution in [0.3, 0.4) is 0 Å². The Balaban J connectivity index is 2.73. The summed E-state index contributed by atoms with van der Waals surface area (Å²) in [5.74, 6) is 0.826. The van der Waals surface area contributed by atoms with Crippen molar-refractivity contribution in [2.24, 2.45) is 0 Å². The van der Waals surface area contributed by atoms with Crippen LogP contribution in [0.1, 0.15) is 50.4 Å². The average Bonchev–Trinajstić information content (AvgIpc) is 2.44. The number of unbranched alkanes of at least 4 members (excludes halogenated alkanes) is 1. The van der Waals surface area contributed by atoms with Crippen LogP contribution in [-0.4, -0.2) is 30.5 Å². The lowest BCUT2D eigenvalue weighted by molar-refractivity contribution is 0.0939. The molecule has 4 nitrogen and oxygen atoms in total. The van der Waals surface area contributed by atoms with Crippen LogP contribution in [0, 0.1) is 0 Å². The highest BCUT2D eigenvalue weighted by molar-refractivity contribution is 5.94. The van der Waals surface area contributed by atoms with E-state index in [-0.39, 0.29) is 11.9 Å². The number of carbonyl (C=O) groups excluding carboxylic acids is 1. The van der Waals surface area contributed by atoms with Gasteiger partial charge in [-0.1, -0.05) is 20.3 Å². The normalized spacial score (nSPS) is 12.0. The zero-order valence-corrected chi connectivity index (χ0v) is 12.4. The summed E-state index contributed by atoms with van der Waals surface area (Å²) in [4.78, 5) is 18.5. The van der Waals surface area contributed by atoms with Crippen molar-refractivity contribution < 1.29 is 4.79 Å². The third-order valence-corrected chi connectivity index (χ3v) is 3.24. The highest BCUT2D eigenvalue weighted by Crippen LogP contribution is 2.12. The van der Waals surface area contributed by atoms with Gasteiger partial charge in [-0.15, -0.1) is 0 Å². The summed E-state index contributed by atoms with van der Waals surface area (Å²) in [5, 5.41) is 2.97. The van der Waals surface area contributed by atoms with Crippen LogP contribution in [0.5, 0.6) is 0 Å². The smallest absolute Gasteiger partial charge is 0.251 e. The number of aromatic nitrogens is 1. The van der Waals surface area contributed by atoms with Gasteiger partial charge in [-0.3, -0.25) is 4.79 Å². The van der Waals surface area contributed by atoms with E-state index in [9.17, 15) is 4.79 Å². The summed E-state index contributed by atoms with van der Waals surface area (Å²) in [6.07, 6.45) is 4.91. The minimum atomic E-state index is -0.0260. The summed E-state index contributed by atoms with van der Waals surface area (Å²) in [7, 11) is 2.01. The van der Waals surface area contributed by atoms with Crippen molar-refractivity contribution in [1.82, 2.24) is 10.3 Å². The minimum absolute atomic E-state index is 0.0260. The molecule has 0 aromatic carbocycles. The number of rotatable bonds is 7. The van der Waals surface area contributed by atoms with Crippen LogP contribution in [0.25, 0.3) is 0 Å². The van der Waals surface area contributed by atoms with E-state index in [0.717, 1.165) is 31.6 Å². The number of amides is 1. The average molecular weight is 263 g/mol. The Kier molecular flexibility index (Phi) is 6.33. The lowest BCUT2D eigenvalue weighted by atomic mass is 10.2. The summed E-state index contributed by atoms with van der Waals surface area (Å²) >= 11 is 0. The third-order valence-electron chi connectivity index (χ3n) is 3.24. The zero-order valence-electron chi connectivity index (χ0n) is 12.4. The van der Waals surface area contributed by atoms with Gasteiger partial charge >= 0.3 is 0 Å². The number of carbonyl (C=O) groups is 1. The van der Waals surface area contributed by atoms with Crippen molar-refractivity contribution in [3.05, 3.63) is 23.9 Å². The molecule has 1 rings (SSSR count). The van der Waals surface area contributed by atoms with Crippen molar-refractivity contribution in [2.45, 2.75) is 46.1 Å². The van der Waals surface area contributed by atoms with Gasteiger partial charge in [-0.05, 0) is 31.9 Å². The molecule has 106 valence electrons. The van der Waals surface area contributed by atoms with Crippen LogP contribution >= 0.6 is 0 Å². The second-order valence-electron chi connectivity index (χ2n) is 4.96. The second kappa shape index (κ2) is 7.77. The van der Waals surface area contributed by atoms with Gasteiger partial charge in [0.05, 0.1) is 0 Å². The summed E-state index contributed by atoms with van der Waals surface area (Å²) < 4.78 is 0. The Labute approximate surface area is 116 Å². The Bertz CT molecular complexity index is 406. The Morgan fingerprint density at radius 2 is 2.21 bits per heavy atom. The van der Waals surface area contributed by atoms with Crippen molar-refractivity contribution >= 4 is 11.7 Å². The molecule has 0 spiro atoms. The Hall–Kier alpha value is -1.58. The lowest BCUT2D eigenvalue weighted by Crippen LogP contribution is -2.32. The standard InChI is InChI=1S/C15H25N3O/c1-5-7-10-18(4)14-11-13(8-9-16-14)15(19)17-12(3)6-2/h8-9,11-12H,5-7,10H2,1-4H3,(H,17,19). The van der Waals surface area contributed by atoms with Gasteiger partial charge in [0.15, 0.2) is 0 Å². The van der Waals surface area contributed by atoms with Crippen LogP contribution < -0.4 is 10.2 Å². The molecule has 0 bridgehead atoms. The number of nitrogens with one attached hydrogen (secondary N) is 1. The molecule has 0 aliphatic heterocycles. The molecular formula is C15H25N3O. The van der Waals surface area contributed by atoms with Gasteiger partial charge in [-0.2, -0.15) is 0 Å². The van der Waals surface area contributed by atoms with Gasteiger partial charge in [0.25, 0.3) is 5.91 Å². The lowest BCUT2D eigenvalue weighted by Gasteiger charge is -2.18. The van der Waals surface area contributed by atoms with Gasteiger partial charge < -0.3 is 10.2 Å². The van der Waals surface area contributed by atoms with Crippen molar-refractivity contribution in [2.75, 3.05) is 18.5 Å². The van der Waals surface area contributed by atoms with Crippen molar-refractivity contribution in [3.8, 4) is 0 Å². The van der Waals surface area contributed by atoms with Gasteiger partial charge in [0, 0.05) is 31.4 Å². The molecule has 1 aromatic rings. The molecule has 0 radical (unpaired) electrons. The molecule has 1 atom stereocenters. The fourth-order valence-electron chi connectivity index (χ4n) is 1.69. The molecule has 0 fully saturated rings. The Morgan fingerprint density at radius 3 is 2.84 bits per heavy atom. The van der Waals surface area contributed by atoms with E-state index < -0.39 is 0 Å². The molecule has 4 heteroatoms. The maximum absolute atomic E-state index is 12.0. The number of anilines is 1. The maximum Gasteiger partial charge on any atom is 0.251 e.